The van der Waals surface area contributed by atoms with Crippen molar-refractivity contribution in [2.75, 3.05) is 25.4 Å². The smallest absolute Gasteiger partial charge is 0.197 e. The molecule has 1 unspecified atom stereocenters. The SMILES string of the molecule is Cc1ccc(N=C(N)N2CCOC(=C3NCCS3)C2C)cc1. The number of nitrogens with one attached hydrogen (secondary N) is 1. The minimum Gasteiger partial charge on any atom is -0.491 e. The number of benzene rings is 1. The number of nitrogens with zero attached hydrogens (tertiary/aromatic N) is 2. The monoisotopic (exact) mass is 318 g/mol. The Labute approximate surface area is 135 Å². The van der Waals surface area contributed by atoms with Gasteiger partial charge >= 0.3 is 0 Å². The molecule has 0 saturated carbocycles. The van der Waals surface area contributed by atoms with Gasteiger partial charge in [0.05, 0.1) is 18.3 Å². The second-order valence-electron chi connectivity index (χ2n) is 5.49. The van der Waals surface area contributed by atoms with E-state index >= 15 is 0 Å². The van der Waals surface area contributed by atoms with Gasteiger partial charge in [0.1, 0.15) is 17.4 Å². The number of ether oxygens (including phenoxy) is 1. The maximum atomic E-state index is 6.24. The molecule has 2 aliphatic heterocycles. The number of thioether (sulfide) groups is 1. The number of hydrogen-bond acceptors (Lipinski definition) is 4. The van der Waals surface area contributed by atoms with Crippen molar-refractivity contribution in [2.45, 2.75) is 19.9 Å². The van der Waals surface area contributed by atoms with Crippen molar-refractivity contribution in [1.82, 2.24) is 10.2 Å². The third kappa shape index (κ3) is 3.16. The maximum absolute atomic E-state index is 6.24. The largest absolute Gasteiger partial charge is 0.491 e. The molecule has 0 aliphatic carbocycles. The fourth-order valence-corrected chi connectivity index (χ4v) is 3.60. The summed E-state index contributed by atoms with van der Waals surface area (Å²) in [6.45, 7) is 6.55. The lowest BCUT2D eigenvalue weighted by Gasteiger charge is -2.36. The van der Waals surface area contributed by atoms with E-state index in [9.17, 15) is 0 Å². The Morgan fingerprint density at radius 2 is 2.18 bits per heavy atom. The molecular weight excluding hydrogens is 296 g/mol. The number of aliphatic imine (C=N–C) groups is 1. The Kier molecular flexibility index (Phi) is 4.47. The summed E-state index contributed by atoms with van der Waals surface area (Å²) in [4.78, 5) is 6.65. The Hall–Kier alpha value is -1.82. The molecule has 2 saturated heterocycles. The number of guanidine groups is 1. The van der Waals surface area contributed by atoms with Crippen LogP contribution in [0.15, 0.2) is 40.0 Å². The van der Waals surface area contributed by atoms with Crippen molar-refractivity contribution in [3.8, 4) is 0 Å². The van der Waals surface area contributed by atoms with Crippen LogP contribution in [-0.4, -0.2) is 42.4 Å². The number of rotatable bonds is 1. The third-order valence-electron chi connectivity index (χ3n) is 3.87. The first kappa shape index (κ1) is 15.1. The zero-order valence-electron chi connectivity index (χ0n) is 13.0. The molecule has 2 aliphatic rings. The van der Waals surface area contributed by atoms with Gasteiger partial charge in [0.2, 0.25) is 0 Å². The predicted octanol–water partition coefficient (Wildman–Crippen LogP) is 2.17. The van der Waals surface area contributed by atoms with E-state index in [0.717, 1.165) is 35.3 Å². The molecule has 3 N–H and O–H groups in total. The van der Waals surface area contributed by atoms with Gasteiger partial charge in [-0.15, -0.1) is 11.8 Å². The summed E-state index contributed by atoms with van der Waals surface area (Å²) >= 11 is 1.81. The van der Waals surface area contributed by atoms with E-state index in [0.29, 0.717) is 12.6 Å². The van der Waals surface area contributed by atoms with Crippen molar-refractivity contribution in [1.29, 1.82) is 0 Å². The van der Waals surface area contributed by atoms with Crippen LogP contribution in [0.25, 0.3) is 0 Å². The minimum atomic E-state index is 0.0936. The van der Waals surface area contributed by atoms with Gasteiger partial charge < -0.3 is 20.7 Å². The van der Waals surface area contributed by atoms with Gasteiger partial charge in [-0.2, -0.15) is 0 Å². The summed E-state index contributed by atoms with van der Waals surface area (Å²) < 4.78 is 5.86. The molecule has 2 fully saturated rings. The van der Waals surface area contributed by atoms with Gasteiger partial charge in [0.25, 0.3) is 0 Å². The fraction of sp³-hybridized carbons (Fsp3) is 0.438. The third-order valence-corrected chi connectivity index (χ3v) is 4.91. The Morgan fingerprint density at radius 1 is 1.41 bits per heavy atom. The van der Waals surface area contributed by atoms with Gasteiger partial charge in [0.15, 0.2) is 5.96 Å². The van der Waals surface area contributed by atoms with Crippen LogP contribution < -0.4 is 11.1 Å². The average molecular weight is 318 g/mol. The number of nitrogens with two attached hydrogens (primary N) is 1. The molecule has 0 amide bonds. The molecule has 1 aromatic rings. The van der Waals surface area contributed by atoms with Crippen molar-refractivity contribution < 1.29 is 4.74 Å². The number of morpholine rings is 1. The van der Waals surface area contributed by atoms with Crippen molar-refractivity contribution >= 4 is 23.4 Å². The van der Waals surface area contributed by atoms with Crippen molar-refractivity contribution in [2.24, 2.45) is 10.7 Å². The van der Waals surface area contributed by atoms with Gasteiger partial charge in [-0.05, 0) is 26.0 Å². The minimum absolute atomic E-state index is 0.0936. The maximum Gasteiger partial charge on any atom is 0.197 e. The van der Waals surface area contributed by atoms with Crippen LogP contribution in [0.2, 0.25) is 0 Å². The standard InChI is InChI=1S/C16H22N4OS/c1-11-3-5-13(6-4-11)19-16(17)20-8-9-21-14(12(20)2)15-18-7-10-22-15/h3-6,12,18H,7-10H2,1-2H3,(H2,17,19). The summed E-state index contributed by atoms with van der Waals surface area (Å²) in [5.74, 6) is 2.61. The summed E-state index contributed by atoms with van der Waals surface area (Å²) in [6, 6.07) is 8.15. The molecule has 22 heavy (non-hydrogen) atoms. The molecule has 1 atom stereocenters. The van der Waals surface area contributed by atoms with Crippen molar-refractivity contribution in [3.63, 3.8) is 0 Å². The van der Waals surface area contributed by atoms with Crippen LogP contribution in [0.1, 0.15) is 12.5 Å². The summed E-state index contributed by atoms with van der Waals surface area (Å²) in [5, 5.41) is 4.52. The van der Waals surface area contributed by atoms with Gasteiger partial charge in [-0.1, -0.05) is 17.7 Å². The summed E-state index contributed by atoms with van der Waals surface area (Å²) in [5.41, 5.74) is 8.34. The first-order valence-corrected chi connectivity index (χ1v) is 8.55. The van der Waals surface area contributed by atoms with Crippen LogP contribution in [0, 0.1) is 6.92 Å². The van der Waals surface area contributed by atoms with Crippen LogP contribution in [-0.2, 0) is 4.74 Å². The Morgan fingerprint density at radius 3 is 2.86 bits per heavy atom. The van der Waals surface area contributed by atoms with E-state index in [1.807, 2.05) is 36.0 Å². The first-order valence-electron chi connectivity index (χ1n) is 7.56. The quantitative estimate of drug-likeness (QED) is 0.614. The molecular formula is C16H22N4OS. The van der Waals surface area contributed by atoms with Crippen LogP contribution >= 0.6 is 11.8 Å². The molecule has 0 aromatic heterocycles. The van der Waals surface area contributed by atoms with Crippen LogP contribution in [0.3, 0.4) is 0 Å². The topological polar surface area (TPSA) is 62.9 Å². The second kappa shape index (κ2) is 6.52. The van der Waals surface area contributed by atoms with Crippen LogP contribution in [0.5, 0.6) is 0 Å². The van der Waals surface area contributed by atoms with Gasteiger partial charge in [-0.3, -0.25) is 0 Å². The highest BCUT2D eigenvalue weighted by atomic mass is 32.2. The predicted molar refractivity (Wildman–Crippen MR) is 92.1 cm³/mol. The fourth-order valence-electron chi connectivity index (χ4n) is 2.62. The summed E-state index contributed by atoms with van der Waals surface area (Å²) in [6.07, 6.45) is 0. The Balaban J connectivity index is 1.80. The highest BCUT2D eigenvalue weighted by Gasteiger charge is 2.29. The highest BCUT2D eigenvalue weighted by molar-refractivity contribution is 8.03. The first-order chi connectivity index (χ1) is 10.6. The lowest BCUT2D eigenvalue weighted by atomic mass is 10.2. The van der Waals surface area contributed by atoms with E-state index in [1.165, 1.54) is 5.56 Å². The van der Waals surface area contributed by atoms with E-state index in [4.69, 9.17) is 10.5 Å². The van der Waals surface area contributed by atoms with E-state index < -0.39 is 0 Å². The molecule has 3 rings (SSSR count). The van der Waals surface area contributed by atoms with E-state index in [1.54, 1.807) is 0 Å². The number of aryl methyl sites for hydroxylation is 1. The van der Waals surface area contributed by atoms with E-state index in [2.05, 4.69) is 29.1 Å². The lowest BCUT2D eigenvalue weighted by molar-refractivity contribution is 0.0944. The molecule has 6 heteroatoms. The normalized spacial score (nSPS) is 25.8. The lowest BCUT2D eigenvalue weighted by Crippen LogP contribution is -2.49. The van der Waals surface area contributed by atoms with Gasteiger partial charge in [-0.25, -0.2) is 4.99 Å². The zero-order valence-corrected chi connectivity index (χ0v) is 13.8. The highest BCUT2D eigenvalue weighted by Crippen LogP contribution is 2.28. The molecule has 5 nitrogen and oxygen atoms in total. The molecule has 0 bridgehead atoms. The van der Waals surface area contributed by atoms with Crippen LogP contribution in [0.4, 0.5) is 5.69 Å². The molecule has 1 aromatic carbocycles. The van der Waals surface area contributed by atoms with Gasteiger partial charge in [0, 0.05) is 12.3 Å². The van der Waals surface area contributed by atoms with E-state index in [-0.39, 0.29) is 6.04 Å². The summed E-state index contributed by atoms with van der Waals surface area (Å²) in [7, 11) is 0. The number of hydrogen-bond donors (Lipinski definition) is 2. The molecule has 0 radical (unpaired) electrons. The Bertz CT molecular complexity index is 589. The molecule has 2 heterocycles. The molecule has 118 valence electrons. The molecule has 0 spiro atoms. The average Bonchev–Trinajstić information content (AvgIpc) is 3.04. The van der Waals surface area contributed by atoms with Crippen molar-refractivity contribution in [3.05, 3.63) is 40.6 Å². The zero-order chi connectivity index (χ0) is 15.5. The second-order valence-corrected chi connectivity index (χ2v) is 6.60.